The lowest BCUT2D eigenvalue weighted by molar-refractivity contribution is -0.107. The van der Waals surface area contributed by atoms with E-state index in [9.17, 15) is 13.2 Å². The summed E-state index contributed by atoms with van der Waals surface area (Å²) in [6.07, 6.45) is 0.477. The number of aryl methyl sites for hydroxylation is 1. The van der Waals surface area contributed by atoms with Gasteiger partial charge in [0.25, 0.3) is 0 Å². The van der Waals surface area contributed by atoms with Gasteiger partial charge in [0.05, 0.1) is 4.90 Å². The molecule has 0 unspecified atom stereocenters. The van der Waals surface area contributed by atoms with Crippen molar-refractivity contribution in [3.05, 3.63) is 65.7 Å². The van der Waals surface area contributed by atoms with Crippen molar-refractivity contribution in [3.8, 4) is 0 Å². The standard InChI is InChI=1S/C15H14O3S/c1-12-7-9-14(10-8-12)19(17,18)15(11-16)13-5-3-2-4-6-13/h2-11,15H,1H3/t15-/m0/s1. The molecular weight excluding hydrogens is 260 g/mol. The van der Waals surface area contributed by atoms with Crippen LogP contribution in [0.5, 0.6) is 0 Å². The fraction of sp³-hybridized carbons (Fsp3) is 0.133. The van der Waals surface area contributed by atoms with E-state index in [0.717, 1.165) is 5.56 Å². The lowest BCUT2D eigenvalue weighted by Gasteiger charge is -2.12. The largest absolute Gasteiger partial charge is 0.302 e. The van der Waals surface area contributed by atoms with E-state index in [-0.39, 0.29) is 4.90 Å². The summed E-state index contributed by atoms with van der Waals surface area (Å²) in [4.78, 5) is 11.4. The quantitative estimate of drug-likeness (QED) is 0.805. The van der Waals surface area contributed by atoms with Gasteiger partial charge in [-0.3, -0.25) is 0 Å². The average Bonchev–Trinajstić information content (AvgIpc) is 2.41. The molecule has 98 valence electrons. The van der Waals surface area contributed by atoms with E-state index in [1.54, 1.807) is 42.5 Å². The molecule has 0 aliphatic heterocycles. The highest BCUT2D eigenvalue weighted by Gasteiger charge is 2.28. The smallest absolute Gasteiger partial charge is 0.192 e. The summed E-state index contributed by atoms with van der Waals surface area (Å²) < 4.78 is 24.9. The third-order valence-electron chi connectivity index (χ3n) is 2.94. The Balaban J connectivity index is 2.48. The van der Waals surface area contributed by atoms with Crippen molar-refractivity contribution in [1.82, 2.24) is 0 Å². The van der Waals surface area contributed by atoms with E-state index in [4.69, 9.17) is 0 Å². The van der Waals surface area contributed by atoms with E-state index >= 15 is 0 Å². The van der Waals surface area contributed by atoms with E-state index in [1.807, 2.05) is 6.92 Å². The van der Waals surface area contributed by atoms with Gasteiger partial charge in [-0.1, -0.05) is 48.0 Å². The maximum absolute atomic E-state index is 12.4. The molecule has 1 atom stereocenters. The molecule has 4 heteroatoms. The fourth-order valence-electron chi connectivity index (χ4n) is 1.85. The van der Waals surface area contributed by atoms with Crippen molar-refractivity contribution in [2.45, 2.75) is 17.1 Å². The Kier molecular flexibility index (Phi) is 3.81. The van der Waals surface area contributed by atoms with Crippen molar-refractivity contribution in [1.29, 1.82) is 0 Å². The first-order chi connectivity index (χ1) is 9.05. The predicted molar refractivity (Wildman–Crippen MR) is 73.6 cm³/mol. The van der Waals surface area contributed by atoms with Crippen LogP contribution in [0.15, 0.2) is 59.5 Å². The molecule has 0 N–H and O–H groups in total. The minimum absolute atomic E-state index is 0.166. The lowest BCUT2D eigenvalue weighted by atomic mass is 10.2. The first-order valence-corrected chi connectivity index (χ1v) is 7.41. The molecule has 0 radical (unpaired) electrons. The second kappa shape index (κ2) is 5.36. The average molecular weight is 274 g/mol. The molecule has 0 aliphatic carbocycles. The van der Waals surface area contributed by atoms with Gasteiger partial charge in [0, 0.05) is 0 Å². The minimum atomic E-state index is -3.69. The van der Waals surface area contributed by atoms with Crippen LogP contribution < -0.4 is 0 Å². The molecule has 2 aromatic carbocycles. The van der Waals surface area contributed by atoms with Gasteiger partial charge < -0.3 is 4.79 Å². The molecule has 0 aromatic heterocycles. The molecule has 19 heavy (non-hydrogen) atoms. The van der Waals surface area contributed by atoms with Gasteiger partial charge >= 0.3 is 0 Å². The Bertz CT molecular complexity index is 658. The molecule has 0 bridgehead atoms. The van der Waals surface area contributed by atoms with Crippen molar-refractivity contribution in [3.63, 3.8) is 0 Å². The number of hydrogen-bond donors (Lipinski definition) is 0. The van der Waals surface area contributed by atoms with Crippen LogP contribution in [0.1, 0.15) is 16.4 Å². The maximum atomic E-state index is 12.4. The van der Waals surface area contributed by atoms with Crippen molar-refractivity contribution >= 4 is 16.1 Å². The van der Waals surface area contributed by atoms with E-state index in [0.29, 0.717) is 11.8 Å². The molecule has 0 heterocycles. The highest BCUT2D eigenvalue weighted by Crippen LogP contribution is 2.27. The molecule has 0 saturated carbocycles. The third-order valence-corrected chi connectivity index (χ3v) is 4.92. The van der Waals surface area contributed by atoms with Gasteiger partial charge in [-0.25, -0.2) is 8.42 Å². The topological polar surface area (TPSA) is 51.2 Å². The Morgan fingerprint density at radius 3 is 2.05 bits per heavy atom. The molecule has 0 fully saturated rings. The third kappa shape index (κ3) is 2.74. The molecule has 0 saturated heterocycles. The zero-order chi connectivity index (χ0) is 13.9. The van der Waals surface area contributed by atoms with Crippen molar-refractivity contribution in [2.24, 2.45) is 0 Å². The van der Waals surface area contributed by atoms with Crippen LogP contribution in [0.3, 0.4) is 0 Å². The number of hydrogen-bond acceptors (Lipinski definition) is 3. The summed E-state index contributed by atoms with van der Waals surface area (Å²) in [6.45, 7) is 1.88. The Hall–Kier alpha value is -1.94. The van der Waals surface area contributed by atoms with Crippen LogP contribution in [0.4, 0.5) is 0 Å². The zero-order valence-electron chi connectivity index (χ0n) is 10.5. The van der Waals surface area contributed by atoms with Crippen LogP contribution >= 0.6 is 0 Å². The molecule has 0 aliphatic rings. The minimum Gasteiger partial charge on any atom is -0.302 e. The van der Waals surface area contributed by atoms with Gasteiger partial charge in [-0.15, -0.1) is 0 Å². The summed E-state index contributed by atoms with van der Waals surface area (Å²) >= 11 is 0. The molecule has 0 spiro atoms. The predicted octanol–water partition coefficient (Wildman–Crippen LogP) is 2.71. The lowest BCUT2D eigenvalue weighted by Crippen LogP contribution is -2.15. The van der Waals surface area contributed by atoms with Crippen LogP contribution in [-0.2, 0) is 14.6 Å². The highest BCUT2D eigenvalue weighted by molar-refractivity contribution is 7.92. The first kappa shape index (κ1) is 13.5. The van der Waals surface area contributed by atoms with Gasteiger partial charge in [0.2, 0.25) is 0 Å². The van der Waals surface area contributed by atoms with Crippen molar-refractivity contribution < 1.29 is 13.2 Å². The Morgan fingerprint density at radius 2 is 1.53 bits per heavy atom. The van der Waals surface area contributed by atoms with Crippen LogP contribution in [0.2, 0.25) is 0 Å². The van der Waals surface area contributed by atoms with E-state index < -0.39 is 15.1 Å². The Labute approximate surface area is 112 Å². The second-order valence-electron chi connectivity index (χ2n) is 4.33. The summed E-state index contributed by atoms with van der Waals surface area (Å²) in [5, 5.41) is -1.16. The van der Waals surface area contributed by atoms with Crippen LogP contribution in [-0.4, -0.2) is 14.7 Å². The summed E-state index contributed by atoms with van der Waals surface area (Å²) in [6, 6.07) is 15.0. The number of carbonyl (C=O) groups excluding carboxylic acids is 1. The molecule has 2 aromatic rings. The zero-order valence-corrected chi connectivity index (χ0v) is 11.3. The number of sulfone groups is 1. The van der Waals surface area contributed by atoms with Crippen LogP contribution in [0, 0.1) is 6.92 Å². The monoisotopic (exact) mass is 274 g/mol. The highest BCUT2D eigenvalue weighted by atomic mass is 32.2. The van der Waals surface area contributed by atoms with Gasteiger partial charge in [0.1, 0.15) is 11.5 Å². The summed E-state index contributed by atoms with van der Waals surface area (Å²) in [5.74, 6) is 0. The van der Waals surface area contributed by atoms with Crippen LogP contribution in [0.25, 0.3) is 0 Å². The first-order valence-electron chi connectivity index (χ1n) is 5.86. The SMILES string of the molecule is Cc1ccc(S(=O)(=O)[C@@H](C=O)c2ccccc2)cc1. The van der Waals surface area contributed by atoms with E-state index in [1.165, 1.54) is 12.1 Å². The normalized spacial score (nSPS) is 12.9. The van der Waals surface area contributed by atoms with Gasteiger partial charge in [-0.05, 0) is 24.6 Å². The van der Waals surface area contributed by atoms with Gasteiger partial charge in [-0.2, -0.15) is 0 Å². The number of benzene rings is 2. The molecule has 2 rings (SSSR count). The van der Waals surface area contributed by atoms with Crippen molar-refractivity contribution in [2.75, 3.05) is 0 Å². The van der Waals surface area contributed by atoms with Gasteiger partial charge in [0.15, 0.2) is 9.84 Å². The number of carbonyl (C=O) groups is 1. The second-order valence-corrected chi connectivity index (χ2v) is 6.39. The summed E-state index contributed by atoms with van der Waals surface area (Å²) in [7, 11) is -3.69. The fourth-order valence-corrected chi connectivity index (χ4v) is 3.32. The molecule has 3 nitrogen and oxygen atoms in total. The number of aldehydes is 1. The van der Waals surface area contributed by atoms with E-state index in [2.05, 4.69) is 0 Å². The molecular formula is C15H14O3S. The summed E-state index contributed by atoms with van der Waals surface area (Å²) in [5.41, 5.74) is 1.46. The Morgan fingerprint density at radius 1 is 0.947 bits per heavy atom. The molecule has 0 amide bonds. The maximum Gasteiger partial charge on any atom is 0.192 e. The number of rotatable bonds is 4.